The van der Waals surface area contributed by atoms with Gasteiger partial charge in [0.2, 0.25) is 0 Å². The van der Waals surface area contributed by atoms with Crippen molar-refractivity contribution < 1.29 is 0 Å². The number of aromatic amines is 1. The number of nitrogens with zero attached hydrogens (tertiary/aromatic N) is 3. The Morgan fingerprint density at radius 1 is 1.04 bits per heavy atom. The summed E-state index contributed by atoms with van der Waals surface area (Å²) in [6.45, 7) is 0. The quantitative estimate of drug-likeness (QED) is 0.702. The van der Waals surface area contributed by atoms with Crippen LogP contribution in [-0.2, 0) is 0 Å². The Hall–Kier alpha value is -2.08. The summed E-state index contributed by atoms with van der Waals surface area (Å²) in [6.07, 6.45) is 8.02. The zero-order chi connectivity index (χ0) is 15.5. The first-order valence-electron chi connectivity index (χ1n) is 8.09. The summed E-state index contributed by atoms with van der Waals surface area (Å²) in [6, 6.07) is 10.7. The molecular formula is C17H19N5S. The van der Waals surface area contributed by atoms with Crippen LogP contribution < -0.4 is 5.32 Å². The van der Waals surface area contributed by atoms with E-state index in [0.29, 0.717) is 6.04 Å². The second kappa shape index (κ2) is 6.58. The molecule has 0 atom stereocenters. The molecule has 2 heterocycles. The van der Waals surface area contributed by atoms with Gasteiger partial charge in [0.05, 0.1) is 6.33 Å². The highest BCUT2D eigenvalue weighted by Crippen LogP contribution is 2.29. The normalized spacial score (nSPS) is 15.8. The molecule has 1 aliphatic carbocycles. The van der Waals surface area contributed by atoms with Crippen molar-refractivity contribution in [3.8, 4) is 0 Å². The number of hydrogen-bond acceptors (Lipinski definition) is 5. The third-order valence-corrected chi connectivity index (χ3v) is 5.03. The maximum absolute atomic E-state index is 4.72. The summed E-state index contributed by atoms with van der Waals surface area (Å²) in [5.41, 5.74) is 1.62. The first-order chi connectivity index (χ1) is 11.4. The van der Waals surface area contributed by atoms with E-state index in [-0.39, 0.29) is 0 Å². The van der Waals surface area contributed by atoms with Gasteiger partial charge in [-0.15, -0.1) is 0 Å². The van der Waals surface area contributed by atoms with Gasteiger partial charge in [-0.3, -0.25) is 0 Å². The summed E-state index contributed by atoms with van der Waals surface area (Å²) in [7, 11) is 0. The molecule has 1 aliphatic rings. The van der Waals surface area contributed by atoms with Gasteiger partial charge in [0.25, 0.3) is 0 Å². The number of imidazole rings is 1. The lowest BCUT2D eigenvalue weighted by molar-refractivity contribution is 0.462. The standard InChI is InChI=1S/C17H19N5S/c1-3-7-12(8-4-1)20-16-14-15(19-11-18-14)21-17(22-16)23-13-9-5-2-6-10-13/h2,5-6,9-12H,1,3-4,7-8H2,(H2,18,19,20,21,22). The SMILES string of the molecule is c1ccc(Sc2nc(NC3CCCCC3)c3nc[nH]c3n2)cc1. The van der Waals surface area contributed by atoms with Crippen molar-refractivity contribution >= 4 is 28.7 Å². The third-order valence-electron chi connectivity index (χ3n) is 4.16. The second-order valence-electron chi connectivity index (χ2n) is 5.85. The molecule has 4 rings (SSSR count). The van der Waals surface area contributed by atoms with Crippen molar-refractivity contribution in [3.05, 3.63) is 36.7 Å². The summed E-state index contributed by atoms with van der Waals surface area (Å²) >= 11 is 1.57. The Morgan fingerprint density at radius 3 is 2.70 bits per heavy atom. The number of nitrogens with one attached hydrogen (secondary N) is 2. The molecule has 5 nitrogen and oxygen atoms in total. The van der Waals surface area contributed by atoms with E-state index in [9.17, 15) is 0 Å². The van der Waals surface area contributed by atoms with Gasteiger partial charge in [0.1, 0.15) is 5.52 Å². The van der Waals surface area contributed by atoms with E-state index < -0.39 is 0 Å². The third kappa shape index (κ3) is 3.32. The number of H-pyrrole nitrogens is 1. The van der Waals surface area contributed by atoms with Crippen LogP contribution in [0.4, 0.5) is 5.82 Å². The minimum atomic E-state index is 0.494. The Bertz CT molecular complexity index is 780. The molecule has 118 valence electrons. The van der Waals surface area contributed by atoms with Crippen LogP contribution in [0, 0.1) is 0 Å². The Labute approximate surface area is 139 Å². The predicted molar refractivity (Wildman–Crippen MR) is 92.7 cm³/mol. The molecule has 2 N–H and O–H groups in total. The van der Waals surface area contributed by atoms with Gasteiger partial charge in [0, 0.05) is 10.9 Å². The zero-order valence-corrected chi connectivity index (χ0v) is 13.6. The summed E-state index contributed by atoms with van der Waals surface area (Å²) in [4.78, 5) is 17.9. The lowest BCUT2D eigenvalue weighted by atomic mass is 9.95. The molecule has 0 unspecified atom stereocenters. The van der Waals surface area contributed by atoms with E-state index in [4.69, 9.17) is 4.98 Å². The lowest BCUT2D eigenvalue weighted by Gasteiger charge is -2.23. The van der Waals surface area contributed by atoms with Crippen LogP contribution in [-0.4, -0.2) is 26.0 Å². The largest absolute Gasteiger partial charge is 0.365 e. The fourth-order valence-corrected chi connectivity index (χ4v) is 3.77. The van der Waals surface area contributed by atoms with Crippen LogP contribution >= 0.6 is 11.8 Å². The van der Waals surface area contributed by atoms with Gasteiger partial charge >= 0.3 is 0 Å². The fraction of sp³-hybridized carbons (Fsp3) is 0.353. The van der Waals surface area contributed by atoms with E-state index in [0.717, 1.165) is 27.0 Å². The zero-order valence-electron chi connectivity index (χ0n) is 12.8. The smallest absolute Gasteiger partial charge is 0.196 e. The van der Waals surface area contributed by atoms with E-state index in [2.05, 4.69) is 32.4 Å². The van der Waals surface area contributed by atoms with Crippen molar-refractivity contribution in [2.45, 2.75) is 48.2 Å². The monoisotopic (exact) mass is 325 g/mol. The minimum Gasteiger partial charge on any atom is -0.365 e. The summed E-state index contributed by atoms with van der Waals surface area (Å²) in [5, 5.41) is 4.33. The topological polar surface area (TPSA) is 66.5 Å². The Balaban J connectivity index is 1.64. The average molecular weight is 325 g/mol. The minimum absolute atomic E-state index is 0.494. The number of anilines is 1. The Morgan fingerprint density at radius 2 is 1.87 bits per heavy atom. The van der Waals surface area contributed by atoms with E-state index in [1.54, 1.807) is 18.1 Å². The molecule has 0 amide bonds. The van der Waals surface area contributed by atoms with Crippen LogP contribution in [0.5, 0.6) is 0 Å². The highest BCUT2D eigenvalue weighted by molar-refractivity contribution is 7.99. The lowest BCUT2D eigenvalue weighted by Crippen LogP contribution is -2.23. The first kappa shape index (κ1) is 14.5. The number of fused-ring (bicyclic) bond motifs is 1. The molecule has 1 fully saturated rings. The number of benzene rings is 1. The van der Waals surface area contributed by atoms with Crippen LogP contribution in [0.25, 0.3) is 11.2 Å². The molecule has 0 bridgehead atoms. The van der Waals surface area contributed by atoms with Gasteiger partial charge in [-0.1, -0.05) is 37.5 Å². The number of hydrogen-bond donors (Lipinski definition) is 2. The Kier molecular flexibility index (Phi) is 4.15. The molecule has 3 aromatic rings. The van der Waals surface area contributed by atoms with Crippen LogP contribution in [0.15, 0.2) is 46.7 Å². The van der Waals surface area contributed by atoms with Gasteiger partial charge in [0.15, 0.2) is 16.6 Å². The maximum Gasteiger partial charge on any atom is 0.196 e. The van der Waals surface area contributed by atoms with Crippen LogP contribution in [0.2, 0.25) is 0 Å². The molecule has 0 spiro atoms. The van der Waals surface area contributed by atoms with Crippen molar-refractivity contribution in [1.82, 2.24) is 19.9 Å². The molecule has 0 radical (unpaired) electrons. The molecule has 2 aromatic heterocycles. The average Bonchev–Trinajstić information content (AvgIpc) is 3.05. The molecule has 23 heavy (non-hydrogen) atoms. The van der Waals surface area contributed by atoms with Gasteiger partial charge in [-0.05, 0) is 36.7 Å². The predicted octanol–water partition coefficient (Wildman–Crippen LogP) is 4.25. The maximum atomic E-state index is 4.72. The highest BCUT2D eigenvalue weighted by Gasteiger charge is 2.17. The van der Waals surface area contributed by atoms with Gasteiger partial charge in [-0.25, -0.2) is 15.0 Å². The second-order valence-corrected chi connectivity index (χ2v) is 6.89. The summed E-state index contributed by atoms with van der Waals surface area (Å²) in [5.74, 6) is 0.849. The van der Waals surface area contributed by atoms with Crippen molar-refractivity contribution in [2.24, 2.45) is 0 Å². The van der Waals surface area contributed by atoms with Gasteiger partial charge in [-0.2, -0.15) is 0 Å². The fourth-order valence-electron chi connectivity index (χ4n) is 3.00. The van der Waals surface area contributed by atoms with Crippen molar-refractivity contribution in [3.63, 3.8) is 0 Å². The first-order valence-corrected chi connectivity index (χ1v) is 8.91. The summed E-state index contributed by atoms with van der Waals surface area (Å²) < 4.78 is 0. The molecule has 6 heteroatoms. The molecular weight excluding hydrogens is 306 g/mol. The van der Waals surface area contributed by atoms with Crippen molar-refractivity contribution in [2.75, 3.05) is 5.32 Å². The van der Waals surface area contributed by atoms with Crippen LogP contribution in [0.1, 0.15) is 32.1 Å². The molecule has 1 saturated carbocycles. The molecule has 0 saturated heterocycles. The number of aromatic nitrogens is 4. The van der Waals surface area contributed by atoms with Crippen molar-refractivity contribution in [1.29, 1.82) is 0 Å². The molecule has 1 aromatic carbocycles. The van der Waals surface area contributed by atoms with E-state index in [1.165, 1.54) is 32.1 Å². The molecule has 0 aliphatic heterocycles. The number of rotatable bonds is 4. The van der Waals surface area contributed by atoms with E-state index >= 15 is 0 Å². The highest BCUT2D eigenvalue weighted by atomic mass is 32.2. The van der Waals surface area contributed by atoms with Gasteiger partial charge < -0.3 is 10.3 Å². The van der Waals surface area contributed by atoms with E-state index in [1.807, 2.05) is 18.2 Å². The van der Waals surface area contributed by atoms with Crippen LogP contribution in [0.3, 0.4) is 0 Å².